The van der Waals surface area contributed by atoms with Gasteiger partial charge < -0.3 is 14.2 Å². The van der Waals surface area contributed by atoms with Crippen LogP contribution in [-0.2, 0) is 28.6 Å². The number of hydrogen-bond donors (Lipinski definition) is 0. The first kappa shape index (κ1) is 62.6. The first-order chi connectivity index (χ1) is 32.5. The molecular formula is C60H102O6. The molecule has 0 amide bonds. The lowest BCUT2D eigenvalue weighted by Gasteiger charge is -2.18. The lowest BCUT2D eigenvalue weighted by Crippen LogP contribution is -2.30. The first-order valence-corrected chi connectivity index (χ1v) is 27.6. The number of carbonyl (C=O) groups is 3. The summed E-state index contributed by atoms with van der Waals surface area (Å²) in [5.41, 5.74) is 0. The molecule has 0 aliphatic rings. The van der Waals surface area contributed by atoms with Crippen molar-refractivity contribution in [3.63, 3.8) is 0 Å². The van der Waals surface area contributed by atoms with Crippen LogP contribution in [0.2, 0.25) is 0 Å². The van der Waals surface area contributed by atoms with Crippen LogP contribution in [0.4, 0.5) is 0 Å². The van der Waals surface area contributed by atoms with Crippen LogP contribution < -0.4 is 0 Å². The smallest absolute Gasteiger partial charge is 0.306 e. The van der Waals surface area contributed by atoms with Crippen LogP contribution in [-0.4, -0.2) is 37.2 Å². The SMILES string of the molecule is CC/C=C\C/C=C\C/C=C\C/C=C\C/C=C\CCCC(=O)OC[C@@H](COC(=O)CCCCCCC/C=C\CCCCCCC)OC(=O)CCCCCCCCC/C=C\CCCCCCCC. The van der Waals surface area contributed by atoms with Gasteiger partial charge in [-0.25, -0.2) is 0 Å². The van der Waals surface area contributed by atoms with Crippen molar-refractivity contribution in [2.75, 3.05) is 13.2 Å². The Hall–Kier alpha value is -3.41. The molecule has 6 heteroatoms. The summed E-state index contributed by atoms with van der Waals surface area (Å²) < 4.78 is 16.8. The molecule has 0 radical (unpaired) electrons. The molecule has 0 fully saturated rings. The van der Waals surface area contributed by atoms with E-state index < -0.39 is 6.10 Å². The van der Waals surface area contributed by atoms with Gasteiger partial charge in [0.15, 0.2) is 6.10 Å². The maximum absolute atomic E-state index is 12.8. The summed E-state index contributed by atoms with van der Waals surface area (Å²) in [6.45, 7) is 6.46. The second-order valence-electron chi connectivity index (χ2n) is 18.1. The van der Waals surface area contributed by atoms with Gasteiger partial charge in [0.05, 0.1) is 0 Å². The predicted octanol–water partition coefficient (Wildman–Crippen LogP) is 18.4. The molecule has 0 N–H and O–H groups in total. The lowest BCUT2D eigenvalue weighted by atomic mass is 10.1. The second kappa shape index (κ2) is 54.2. The van der Waals surface area contributed by atoms with Crippen LogP contribution in [0.15, 0.2) is 85.1 Å². The molecule has 0 heterocycles. The standard InChI is InChI=1S/C60H102O6/c1-4-7-10-13-16-19-22-25-28-30-32-35-38-41-44-47-50-53-59(62)65-56-57(55-64-58(61)52-49-46-43-40-37-34-27-24-21-18-15-12-9-6-3)66-60(63)54-51-48-45-42-39-36-33-31-29-26-23-20-17-14-11-8-5-2/h7,10,16,19,24-29,32,35,41,44,57H,4-6,8-9,11-15,17-18,20-23,30-31,33-34,36-40,42-43,45-56H2,1-3H3/b10-7-,19-16-,27-24-,28-25-,29-26-,35-32-,44-41-/t57-/m1/s1. The van der Waals surface area contributed by atoms with Crippen LogP contribution in [0, 0.1) is 0 Å². The van der Waals surface area contributed by atoms with Gasteiger partial charge in [-0.05, 0) is 109 Å². The van der Waals surface area contributed by atoms with Crippen molar-refractivity contribution < 1.29 is 28.6 Å². The van der Waals surface area contributed by atoms with Crippen molar-refractivity contribution in [3.05, 3.63) is 85.1 Å². The molecule has 0 aromatic rings. The monoisotopic (exact) mass is 919 g/mol. The van der Waals surface area contributed by atoms with E-state index in [-0.39, 0.29) is 37.5 Å². The molecule has 0 aromatic heterocycles. The van der Waals surface area contributed by atoms with E-state index in [1.807, 2.05) is 0 Å². The quantitative estimate of drug-likeness (QED) is 0.0262. The van der Waals surface area contributed by atoms with E-state index >= 15 is 0 Å². The average molecular weight is 919 g/mol. The normalized spacial score (nSPS) is 12.7. The van der Waals surface area contributed by atoms with Crippen LogP contribution in [0.3, 0.4) is 0 Å². The van der Waals surface area contributed by atoms with Crippen molar-refractivity contribution in [2.45, 2.75) is 264 Å². The predicted molar refractivity (Wildman–Crippen MR) is 284 cm³/mol. The summed E-state index contributed by atoms with van der Waals surface area (Å²) in [4.78, 5) is 38.1. The number of unbranched alkanes of at least 4 members (excludes halogenated alkanes) is 24. The molecule has 0 aromatic carbocycles. The van der Waals surface area contributed by atoms with Gasteiger partial charge in [0.2, 0.25) is 0 Å². The Morgan fingerprint density at radius 2 is 0.606 bits per heavy atom. The van der Waals surface area contributed by atoms with Crippen molar-refractivity contribution in [1.29, 1.82) is 0 Å². The molecule has 0 spiro atoms. The van der Waals surface area contributed by atoms with Gasteiger partial charge in [0.25, 0.3) is 0 Å². The zero-order valence-electron chi connectivity index (χ0n) is 43.2. The van der Waals surface area contributed by atoms with Crippen LogP contribution in [0.5, 0.6) is 0 Å². The Bertz CT molecular complexity index is 1290. The molecule has 0 saturated heterocycles. The lowest BCUT2D eigenvalue weighted by molar-refractivity contribution is -0.167. The Labute approximate surface area is 407 Å². The highest BCUT2D eigenvalue weighted by Crippen LogP contribution is 2.14. The summed E-state index contributed by atoms with van der Waals surface area (Å²) in [5, 5.41) is 0. The first-order valence-electron chi connectivity index (χ1n) is 27.6. The summed E-state index contributed by atoms with van der Waals surface area (Å²) >= 11 is 0. The maximum atomic E-state index is 12.8. The van der Waals surface area contributed by atoms with Crippen molar-refractivity contribution in [1.82, 2.24) is 0 Å². The molecule has 0 aliphatic carbocycles. The Kier molecular flexibility index (Phi) is 51.4. The van der Waals surface area contributed by atoms with Crippen LogP contribution in [0.25, 0.3) is 0 Å². The van der Waals surface area contributed by atoms with Crippen molar-refractivity contribution in [3.8, 4) is 0 Å². The summed E-state index contributed by atoms with van der Waals surface area (Å²) in [5.74, 6) is -0.970. The van der Waals surface area contributed by atoms with E-state index in [0.717, 1.165) is 83.5 Å². The fourth-order valence-electron chi connectivity index (χ4n) is 7.47. The van der Waals surface area contributed by atoms with E-state index in [0.29, 0.717) is 19.3 Å². The summed E-state index contributed by atoms with van der Waals surface area (Å²) in [6.07, 6.45) is 70.0. The van der Waals surface area contributed by atoms with Gasteiger partial charge >= 0.3 is 17.9 Å². The largest absolute Gasteiger partial charge is 0.462 e. The van der Waals surface area contributed by atoms with E-state index in [9.17, 15) is 14.4 Å². The highest BCUT2D eigenvalue weighted by Gasteiger charge is 2.19. The molecule has 378 valence electrons. The van der Waals surface area contributed by atoms with Gasteiger partial charge in [-0.2, -0.15) is 0 Å². The Balaban J connectivity index is 4.49. The highest BCUT2D eigenvalue weighted by atomic mass is 16.6. The van der Waals surface area contributed by atoms with E-state index in [4.69, 9.17) is 14.2 Å². The zero-order chi connectivity index (χ0) is 47.9. The average Bonchev–Trinajstić information content (AvgIpc) is 3.31. The number of allylic oxidation sites excluding steroid dienone is 14. The fourth-order valence-corrected chi connectivity index (χ4v) is 7.47. The number of rotatable bonds is 49. The fraction of sp³-hybridized carbons (Fsp3) is 0.717. The molecule has 66 heavy (non-hydrogen) atoms. The Morgan fingerprint density at radius 1 is 0.318 bits per heavy atom. The van der Waals surface area contributed by atoms with Crippen LogP contribution in [0.1, 0.15) is 258 Å². The van der Waals surface area contributed by atoms with Crippen molar-refractivity contribution in [2.24, 2.45) is 0 Å². The Morgan fingerprint density at radius 3 is 1.00 bits per heavy atom. The topological polar surface area (TPSA) is 78.9 Å². The van der Waals surface area contributed by atoms with E-state index in [2.05, 4.69) is 106 Å². The number of esters is 3. The molecular weight excluding hydrogens is 817 g/mol. The minimum atomic E-state index is -0.805. The third-order valence-electron chi connectivity index (χ3n) is 11.6. The molecule has 0 bridgehead atoms. The molecule has 0 unspecified atom stereocenters. The summed E-state index contributed by atoms with van der Waals surface area (Å²) in [7, 11) is 0. The van der Waals surface area contributed by atoms with Crippen molar-refractivity contribution >= 4 is 17.9 Å². The molecule has 6 nitrogen and oxygen atoms in total. The molecule has 0 rings (SSSR count). The van der Waals surface area contributed by atoms with Gasteiger partial charge in [-0.3, -0.25) is 14.4 Å². The van der Waals surface area contributed by atoms with Gasteiger partial charge in [0, 0.05) is 19.3 Å². The van der Waals surface area contributed by atoms with E-state index in [1.54, 1.807) is 0 Å². The number of ether oxygens (including phenoxy) is 3. The summed E-state index contributed by atoms with van der Waals surface area (Å²) in [6, 6.07) is 0. The highest BCUT2D eigenvalue weighted by molar-refractivity contribution is 5.71. The minimum absolute atomic E-state index is 0.100. The molecule has 0 saturated carbocycles. The molecule has 1 atom stereocenters. The van der Waals surface area contributed by atoms with E-state index in [1.165, 1.54) is 128 Å². The zero-order valence-corrected chi connectivity index (χ0v) is 43.2. The minimum Gasteiger partial charge on any atom is -0.462 e. The number of carbonyl (C=O) groups excluding carboxylic acids is 3. The van der Waals surface area contributed by atoms with Gasteiger partial charge in [0.1, 0.15) is 13.2 Å². The van der Waals surface area contributed by atoms with Crippen LogP contribution >= 0.6 is 0 Å². The molecule has 0 aliphatic heterocycles. The maximum Gasteiger partial charge on any atom is 0.306 e. The third-order valence-corrected chi connectivity index (χ3v) is 11.6. The van der Waals surface area contributed by atoms with Gasteiger partial charge in [-0.1, -0.05) is 215 Å². The van der Waals surface area contributed by atoms with Gasteiger partial charge in [-0.15, -0.1) is 0 Å². The third kappa shape index (κ3) is 51.6. The number of hydrogen-bond acceptors (Lipinski definition) is 6. The second-order valence-corrected chi connectivity index (χ2v) is 18.1.